The number of carbonyl (C=O) groups is 1. The van der Waals surface area contributed by atoms with Crippen LogP contribution in [0.2, 0.25) is 0 Å². The van der Waals surface area contributed by atoms with Crippen molar-refractivity contribution in [1.82, 2.24) is 15.1 Å². The number of rotatable bonds is 4. The molecule has 5 nitrogen and oxygen atoms in total. The van der Waals surface area contributed by atoms with E-state index in [1.807, 2.05) is 20.9 Å². The van der Waals surface area contributed by atoms with Crippen LogP contribution in [-0.2, 0) is 4.79 Å². The molecule has 2 aromatic rings. The topological polar surface area (TPSA) is 49.3 Å². The SMILES string of the molecule is Cc1c(-c2ccc(F)cc2)nnc(N2CCC(N(C)C(=O)C3CCC(F)(F)CC3)CC2)c1C.Cl. The van der Waals surface area contributed by atoms with Gasteiger partial charge in [0.1, 0.15) is 5.82 Å². The lowest BCUT2D eigenvalue weighted by atomic mass is 9.85. The van der Waals surface area contributed by atoms with Crippen LogP contribution in [0.5, 0.6) is 0 Å². The van der Waals surface area contributed by atoms with E-state index in [1.165, 1.54) is 12.1 Å². The van der Waals surface area contributed by atoms with Crippen LogP contribution in [0.1, 0.15) is 49.7 Å². The second kappa shape index (κ2) is 10.5. The van der Waals surface area contributed by atoms with Gasteiger partial charge in [0.05, 0.1) is 5.69 Å². The van der Waals surface area contributed by atoms with Crippen molar-refractivity contribution in [3.63, 3.8) is 0 Å². The molecule has 0 atom stereocenters. The summed E-state index contributed by atoms with van der Waals surface area (Å²) in [6.45, 7) is 5.51. The molecule has 4 rings (SSSR count). The summed E-state index contributed by atoms with van der Waals surface area (Å²) in [4.78, 5) is 16.9. The Kier molecular flexibility index (Phi) is 8.11. The molecule has 1 saturated heterocycles. The number of benzene rings is 1. The lowest BCUT2D eigenvalue weighted by molar-refractivity contribution is -0.140. The minimum absolute atomic E-state index is 0. The number of nitrogens with zero attached hydrogens (tertiary/aromatic N) is 4. The highest BCUT2D eigenvalue weighted by Gasteiger charge is 2.39. The van der Waals surface area contributed by atoms with Crippen LogP contribution in [0.25, 0.3) is 11.3 Å². The Hall–Kier alpha value is -2.35. The Balaban J connectivity index is 0.00000324. The molecule has 0 radical (unpaired) electrons. The van der Waals surface area contributed by atoms with Gasteiger partial charge in [-0.25, -0.2) is 13.2 Å². The van der Waals surface area contributed by atoms with E-state index in [-0.39, 0.29) is 61.8 Å². The summed E-state index contributed by atoms with van der Waals surface area (Å²) in [6.07, 6.45) is 1.74. The predicted molar refractivity (Wildman–Crippen MR) is 129 cm³/mol. The molecule has 1 saturated carbocycles. The van der Waals surface area contributed by atoms with Gasteiger partial charge in [-0.1, -0.05) is 0 Å². The summed E-state index contributed by atoms with van der Waals surface area (Å²) in [5.41, 5.74) is 3.62. The average Bonchev–Trinajstić information content (AvgIpc) is 2.81. The summed E-state index contributed by atoms with van der Waals surface area (Å²) in [5, 5.41) is 8.91. The van der Waals surface area contributed by atoms with Gasteiger partial charge < -0.3 is 9.80 Å². The largest absolute Gasteiger partial charge is 0.355 e. The zero-order valence-corrected chi connectivity index (χ0v) is 20.7. The Labute approximate surface area is 205 Å². The monoisotopic (exact) mass is 496 g/mol. The van der Waals surface area contributed by atoms with Crippen LogP contribution in [-0.4, -0.2) is 53.1 Å². The fraction of sp³-hybridized carbons (Fsp3) is 0.560. The van der Waals surface area contributed by atoms with Gasteiger partial charge in [-0.05, 0) is 74.9 Å². The number of hydrogen-bond acceptors (Lipinski definition) is 4. The maximum Gasteiger partial charge on any atom is 0.248 e. The fourth-order valence-electron chi connectivity index (χ4n) is 5.00. The molecular formula is C25H32ClF3N4O. The zero-order valence-electron chi connectivity index (χ0n) is 19.9. The normalized spacial score (nSPS) is 18.9. The number of aromatic nitrogens is 2. The molecular weight excluding hydrogens is 465 g/mol. The van der Waals surface area contributed by atoms with E-state index >= 15 is 0 Å². The van der Waals surface area contributed by atoms with Crippen molar-refractivity contribution < 1.29 is 18.0 Å². The van der Waals surface area contributed by atoms with Gasteiger partial charge in [0.2, 0.25) is 11.8 Å². The number of amides is 1. The molecule has 186 valence electrons. The van der Waals surface area contributed by atoms with Crippen molar-refractivity contribution in [1.29, 1.82) is 0 Å². The number of anilines is 1. The van der Waals surface area contributed by atoms with Crippen LogP contribution in [0, 0.1) is 25.6 Å². The third-order valence-corrected chi connectivity index (χ3v) is 7.34. The fourth-order valence-corrected chi connectivity index (χ4v) is 5.00. The maximum atomic E-state index is 13.4. The van der Waals surface area contributed by atoms with Crippen LogP contribution in [0.3, 0.4) is 0 Å². The number of hydrogen-bond donors (Lipinski definition) is 0. The van der Waals surface area contributed by atoms with Crippen molar-refractivity contribution in [2.45, 2.75) is 64.3 Å². The molecule has 0 unspecified atom stereocenters. The van der Waals surface area contributed by atoms with Crippen LogP contribution >= 0.6 is 12.4 Å². The second-order valence-corrected chi connectivity index (χ2v) is 9.43. The molecule has 2 aliphatic rings. The summed E-state index contributed by atoms with van der Waals surface area (Å²) < 4.78 is 40.2. The van der Waals surface area contributed by atoms with Gasteiger partial charge in [-0.3, -0.25) is 4.79 Å². The van der Waals surface area contributed by atoms with Crippen LogP contribution in [0.4, 0.5) is 19.0 Å². The highest BCUT2D eigenvalue weighted by molar-refractivity contribution is 5.85. The Bertz CT molecular complexity index is 1000. The van der Waals surface area contributed by atoms with E-state index in [4.69, 9.17) is 0 Å². The zero-order chi connectivity index (χ0) is 23.8. The third kappa shape index (κ3) is 5.48. The van der Waals surface area contributed by atoms with E-state index in [2.05, 4.69) is 15.1 Å². The van der Waals surface area contributed by atoms with E-state index in [9.17, 15) is 18.0 Å². The Morgan fingerprint density at radius 2 is 1.59 bits per heavy atom. The van der Waals surface area contributed by atoms with Crippen molar-refractivity contribution in [3.05, 3.63) is 41.2 Å². The molecule has 0 bridgehead atoms. The highest BCUT2D eigenvalue weighted by Crippen LogP contribution is 2.37. The molecule has 0 spiro atoms. The molecule has 1 aliphatic heterocycles. The Morgan fingerprint density at radius 3 is 2.18 bits per heavy atom. The van der Waals surface area contributed by atoms with Gasteiger partial charge in [-0.2, -0.15) is 0 Å². The molecule has 34 heavy (non-hydrogen) atoms. The van der Waals surface area contributed by atoms with Gasteiger partial charge in [0, 0.05) is 50.5 Å². The van der Waals surface area contributed by atoms with Crippen LogP contribution in [0.15, 0.2) is 24.3 Å². The van der Waals surface area contributed by atoms with Crippen molar-refractivity contribution in [2.24, 2.45) is 5.92 Å². The summed E-state index contributed by atoms with van der Waals surface area (Å²) in [7, 11) is 1.81. The van der Waals surface area contributed by atoms with Gasteiger partial charge in [-0.15, -0.1) is 22.6 Å². The molecule has 1 aliphatic carbocycles. The molecule has 0 N–H and O–H groups in total. The van der Waals surface area contributed by atoms with Crippen LogP contribution < -0.4 is 4.90 Å². The summed E-state index contributed by atoms with van der Waals surface area (Å²) in [5.74, 6) is -2.36. The molecule has 1 aromatic heterocycles. The number of halogens is 4. The number of piperidine rings is 1. The van der Waals surface area contributed by atoms with Gasteiger partial charge in [0.15, 0.2) is 5.82 Å². The molecule has 9 heteroatoms. The maximum absolute atomic E-state index is 13.4. The summed E-state index contributed by atoms with van der Waals surface area (Å²) in [6, 6.07) is 6.35. The lowest BCUT2D eigenvalue weighted by Crippen LogP contribution is -2.48. The Morgan fingerprint density at radius 1 is 1.00 bits per heavy atom. The summed E-state index contributed by atoms with van der Waals surface area (Å²) >= 11 is 0. The molecule has 1 aromatic carbocycles. The molecule has 2 fully saturated rings. The molecule has 1 amide bonds. The van der Waals surface area contributed by atoms with E-state index < -0.39 is 5.92 Å². The van der Waals surface area contributed by atoms with Crippen molar-refractivity contribution >= 4 is 24.1 Å². The number of alkyl halides is 2. The minimum atomic E-state index is -2.62. The first-order chi connectivity index (χ1) is 15.7. The van der Waals surface area contributed by atoms with E-state index in [0.29, 0.717) is 0 Å². The molecule has 2 heterocycles. The first kappa shape index (κ1) is 26.3. The third-order valence-electron chi connectivity index (χ3n) is 7.34. The first-order valence-corrected chi connectivity index (χ1v) is 11.7. The van der Waals surface area contributed by atoms with Crippen molar-refractivity contribution in [3.8, 4) is 11.3 Å². The first-order valence-electron chi connectivity index (χ1n) is 11.7. The quantitative estimate of drug-likeness (QED) is 0.555. The van der Waals surface area contributed by atoms with E-state index in [1.54, 1.807) is 17.0 Å². The van der Waals surface area contributed by atoms with Crippen molar-refractivity contribution in [2.75, 3.05) is 25.0 Å². The van der Waals surface area contributed by atoms with E-state index in [0.717, 1.165) is 54.1 Å². The second-order valence-electron chi connectivity index (χ2n) is 9.43. The smallest absolute Gasteiger partial charge is 0.248 e. The number of carbonyl (C=O) groups excluding carboxylic acids is 1. The average molecular weight is 497 g/mol. The van der Waals surface area contributed by atoms with Gasteiger partial charge >= 0.3 is 0 Å². The highest BCUT2D eigenvalue weighted by atomic mass is 35.5. The lowest BCUT2D eigenvalue weighted by Gasteiger charge is -2.39. The van der Waals surface area contributed by atoms with Gasteiger partial charge in [0.25, 0.3) is 0 Å². The minimum Gasteiger partial charge on any atom is -0.355 e. The predicted octanol–water partition coefficient (Wildman–Crippen LogP) is 5.57. The standard InChI is InChI=1S/C25H31F3N4O.ClH/c1-16-17(2)23(30-29-22(16)18-4-6-20(26)7-5-18)32-14-10-21(11-15-32)31(3)24(33)19-8-12-25(27,28)13-9-19;/h4-7,19,21H,8-15H2,1-3H3;1H.